The summed E-state index contributed by atoms with van der Waals surface area (Å²) in [4.78, 5) is 4.25. The van der Waals surface area contributed by atoms with Crippen LogP contribution >= 0.6 is 11.3 Å². The van der Waals surface area contributed by atoms with Crippen molar-refractivity contribution in [2.24, 2.45) is 0 Å². The lowest BCUT2D eigenvalue weighted by Crippen LogP contribution is -1.86. The van der Waals surface area contributed by atoms with Crippen molar-refractivity contribution in [3.05, 3.63) is 12.1 Å². The molecule has 0 fully saturated rings. The van der Waals surface area contributed by atoms with E-state index in [1.54, 1.807) is 19.2 Å². The molecule has 0 saturated heterocycles. The van der Waals surface area contributed by atoms with Crippen LogP contribution in [0.25, 0.3) is 10.2 Å². The van der Waals surface area contributed by atoms with Gasteiger partial charge in [-0.25, -0.2) is 4.98 Å². The van der Waals surface area contributed by atoms with Crippen LogP contribution in [0.2, 0.25) is 0 Å². The maximum Gasteiger partial charge on any atom is 0.183 e. The molecule has 0 aliphatic rings. The van der Waals surface area contributed by atoms with Crippen LogP contribution in [0.1, 0.15) is 0 Å². The predicted octanol–water partition coefficient (Wildman–Crippen LogP) is 1.63. The Kier molecular flexibility index (Phi) is 1.73. The van der Waals surface area contributed by atoms with Crippen LogP contribution in [-0.4, -0.2) is 17.1 Å². The summed E-state index contributed by atoms with van der Waals surface area (Å²) in [5.41, 5.74) is 6.70. The number of anilines is 2. The molecule has 13 heavy (non-hydrogen) atoms. The fourth-order valence-corrected chi connectivity index (χ4v) is 1.92. The van der Waals surface area contributed by atoms with Gasteiger partial charge in [0.15, 0.2) is 5.13 Å². The van der Waals surface area contributed by atoms with E-state index in [4.69, 9.17) is 5.73 Å². The van der Waals surface area contributed by atoms with Crippen molar-refractivity contribution in [3.8, 4) is 5.75 Å². The van der Waals surface area contributed by atoms with Crippen LogP contribution in [0, 0.1) is 0 Å². The molecule has 0 unspecified atom stereocenters. The zero-order valence-electron chi connectivity index (χ0n) is 7.03. The number of fused-ring (bicyclic) bond motifs is 1. The van der Waals surface area contributed by atoms with Gasteiger partial charge in [-0.3, -0.25) is 0 Å². The Balaban J connectivity index is 2.70. The summed E-state index contributed by atoms with van der Waals surface area (Å²) < 4.78 is 0.927. The SMILES string of the molecule is CNc1nc2cc(N)c(O)cc2s1. The number of aromatic hydroxyl groups is 1. The Morgan fingerprint density at radius 2 is 2.31 bits per heavy atom. The quantitative estimate of drug-likeness (QED) is 0.477. The van der Waals surface area contributed by atoms with Gasteiger partial charge in [-0.2, -0.15) is 0 Å². The normalized spacial score (nSPS) is 10.5. The fourth-order valence-electron chi connectivity index (χ4n) is 1.09. The van der Waals surface area contributed by atoms with Gasteiger partial charge in [-0.1, -0.05) is 11.3 Å². The maximum atomic E-state index is 9.33. The zero-order valence-corrected chi connectivity index (χ0v) is 7.85. The van der Waals surface area contributed by atoms with E-state index in [1.165, 1.54) is 11.3 Å². The molecule has 4 nitrogen and oxygen atoms in total. The maximum absolute atomic E-state index is 9.33. The van der Waals surface area contributed by atoms with Gasteiger partial charge in [0.05, 0.1) is 15.9 Å². The second kappa shape index (κ2) is 2.77. The molecule has 1 aromatic carbocycles. The first-order valence-corrected chi connectivity index (χ1v) is 4.59. The number of nitrogens with zero attached hydrogens (tertiary/aromatic N) is 1. The topological polar surface area (TPSA) is 71.2 Å². The minimum Gasteiger partial charge on any atom is -0.506 e. The molecule has 0 bridgehead atoms. The monoisotopic (exact) mass is 195 g/mol. The third-order valence-electron chi connectivity index (χ3n) is 1.75. The summed E-state index contributed by atoms with van der Waals surface area (Å²) in [5, 5.41) is 13.1. The summed E-state index contributed by atoms with van der Waals surface area (Å²) in [6.45, 7) is 0. The van der Waals surface area contributed by atoms with Crippen LogP contribution in [-0.2, 0) is 0 Å². The summed E-state index contributed by atoms with van der Waals surface area (Å²) in [7, 11) is 1.81. The van der Waals surface area contributed by atoms with Crippen LogP contribution in [0.4, 0.5) is 10.8 Å². The number of benzene rings is 1. The van der Waals surface area contributed by atoms with Gasteiger partial charge in [0.25, 0.3) is 0 Å². The smallest absolute Gasteiger partial charge is 0.183 e. The van der Waals surface area contributed by atoms with Crippen molar-refractivity contribution in [1.82, 2.24) is 4.98 Å². The molecule has 0 aliphatic heterocycles. The molecule has 2 aromatic rings. The van der Waals surface area contributed by atoms with Crippen molar-refractivity contribution in [3.63, 3.8) is 0 Å². The van der Waals surface area contributed by atoms with Crippen molar-refractivity contribution in [1.29, 1.82) is 0 Å². The Labute approximate surface area is 79.0 Å². The third kappa shape index (κ3) is 1.27. The molecule has 0 saturated carbocycles. The first kappa shape index (κ1) is 8.12. The van der Waals surface area contributed by atoms with Gasteiger partial charge < -0.3 is 16.2 Å². The highest BCUT2D eigenvalue weighted by Gasteiger charge is 2.05. The highest BCUT2D eigenvalue weighted by atomic mass is 32.1. The van der Waals surface area contributed by atoms with Crippen molar-refractivity contribution in [2.75, 3.05) is 18.1 Å². The predicted molar refractivity (Wildman–Crippen MR) is 55.2 cm³/mol. The van der Waals surface area contributed by atoms with Crippen LogP contribution in [0.3, 0.4) is 0 Å². The number of nitrogen functional groups attached to an aromatic ring is 1. The van der Waals surface area contributed by atoms with Gasteiger partial charge >= 0.3 is 0 Å². The number of phenols is 1. The van der Waals surface area contributed by atoms with Gasteiger partial charge in [0.2, 0.25) is 0 Å². The van der Waals surface area contributed by atoms with E-state index >= 15 is 0 Å². The molecular weight excluding hydrogens is 186 g/mol. The van der Waals surface area contributed by atoms with E-state index in [-0.39, 0.29) is 5.75 Å². The van der Waals surface area contributed by atoms with Crippen LogP contribution in [0.5, 0.6) is 5.75 Å². The molecular formula is C8H9N3OS. The van der Waals surface area contributed by atoms with E-state index in [9.17, 15) is 5.11 Å². The molecule has 0 aliphatic carbocycles. The second-order valence-electron chi connectivity index (χ2n) is 2.65. The van der Waals surface area contributed by atoms with E-state index in [0.29, 0.717) is 5.69 Å². The van der Waals surface area contributed by atoms with Crippen LogP contribution < -0.4 is 11.1 Å². The van der Waals surface area contributed by atoms with Crippen molar-refractivity contribution < 1.29 is 5.11 Å². The Bertz CT molecular complexity index is 413. The zero-order chi connectivity index (χ0) is 9.42. The number of nitrogens with two attached hydrogens (primary N) is 1. The number of hydrogen-bond donors (Lipinski definition) is 3. The second-order valence-corrected chi connectivity index (χ2v) is 3.68. The molecule has 0 spiro atoms. The number of aromatic nitrogens is 1. The summed E-state index contributed by atoms with van der Waals surface area (Å²) in [5.74, 6) is 0.110. The lowest BCUT2D eigenvalue weighted by Gasteiger charge is -1.95. The van der Waals surface area contributed by atoms with E-state index in [2.05, 4.69) is 10.3 Å². The molecule has 1 aromatic heterocycles. The number of rotatable bonds is 1. The number of nitrogens with one attached hydrogen (secondary N) is 1. The highest BCUT2D eigenvalue weighted by molar-refractivity contribution is 7.22. The minimum absolute atomic E-state index is 0.110. The average molecular weight is 195 g/mol. The standard InChI is InChI=1S/C8H9N3OS/c1-10-8-11-5-2-4(9)6(12)3-7(5)13-8/h2-3,12H,9H2,1H3,(H,10,11). The Morgan fingerprint density at radius 3 is 3.00 bits per heavy atom. The third-order valence-corrected chi connectivity index (χ3v) is 2.79. The molecule has 68 valence electrons. The van der Waals surface area contributed by atoms with E-state index in [1.807, 2.05) is 0 Å². The minimum atomic E-state index is 0.110. The summed E-state index contributed by atoms with van der Waals surface area (Å²) >= 11 is 1.48. The Morgan fingerprint density at radius 1 is 1.54 bits per heavy atom. The first-order chi connectivity index (χ1) is 6.20. The highest BCUT2D eigenvalue weighted by Crippen LogP contribution is 2.32. The lowest BCUT2D eigenvalue weighted by molar-refractivity contribution is 0.479. The van der Waals surface area contributed by atoms with Crippen molar-refractivity contribution >= 4 is 32.4 Å². The molecule has 0 radical (unpaired) electrons. The summed E-state index contributed by atoms with van der Waals surface area (Å²) in [6, 6.07) is 3.30. The number of phenolic OH excluding ortho intramolecular Hbond substituents is 1. The number of thiazole rings is 1. The fraction of sp³-hybridized carbons (Fsp3) is 0.125. The number of hydrogen-bond acceptors (Lipinski definition) is 5. The Hall–Kier alpha value is -1.49. The van der Waals surface area contributed by atoms with E-state index < -0.39 is 0 Å². The molecule has 1 heterocycles. The summed E-state index contributed by atoms with van der Waals surface area (Å²) in [6.07, 6.45) is 0. The molecule has 4 N–H and O–H groups in total. The van der Waals surface area contributed by atoms with E-state index in [0.717, 1.165) is 15.3 Å². The first-order valence-electron chi connectivity index (χ1n) is 3.77. The van der Waals surface area contributed by atoms with Gasteiger partial charge in [-0.05, 0) is 6.07 Å². The average Bonchev–Trinajstić information content (AvgIpc) is 2.48. The molecule has 0 atom stereocenters. The lowest BCUT2D eigenvalue weighted by atomic mass is 10.3. The molecule has 2 rings (SSSR count). The van der Waals surface area contributed by atoms with Gasteiger partial charge in [-0.15, -0.1) is 0 Å². The molecule has 5 heteroatoms. The van der Waals surface area contributed by atoms with Crippen LogP contribution in [0.15, 0.2) is 12.1 Å². The van der Waals surface area contributed by atoms with Gasteiger partial charge in [0.1, 0.15) is 5.75 Å². The van der Waals surface area contributed by atoms with Gasteiger partial charge in [0, 0.05) is 13.1 Å². The molecule has 0 amide bonds. The van der Waals surface area contributed by atoms with Crippen molar-refractivity contribution in [2.45, 2.75) is 0 Å². The largest absolute Gasteiger partial charge is 0.506 e.